The summed E-state index contributed by atoms with van der Waals surface area (Å²) in [4.78, 5) is 12.0. The molecule has 0 aliphatic carbocycles. The first kappa shape index (κ1) is 15.3. The van der Waals surface area contributed by atoms with E-state index in [2.05, 4.69) is 21.4 Å². The lowest BCUT2D eigenvalue weighted by molar-refractivity contribution is -0.121. The van der Waals surface area contributed by atoms with Gasteiger partial charge in [0.05, 0.1) is 0 Å². The summed E-state index contributed by atoms with van der Waals surface area (Å²) in [6.07, 6.45) is 3.46. The molecule has 0 aliphatic rings. The summed E-state index contributed by atoms with van der Waals surface area (Å²) in [7, 11) is 0. The predicted molar refractivity (Wildman–Crippen MR) is 80.1 cm³/mol. The number of nitrogens with two attached hydrogens (primary N) is 2. The average molecular weight is 332 g/mol. The van der Waals surface area contributed by atoms with E-state index in [4.69, 9.17) is 11.6 Å². The SMILES string of the molecule is NNC(=O)CCCCCSc1cc(Br)ccc1N. The fourth-order valence-electron chi connectivity index (χ4n) is 1.45. The highest BCUT2D eigenvalue weighted by Crippen LogP contribution is 2.28. The maximum absolute atomic E-state index is 10.9. The van der Waals surface area contributed by atoms with E-state index in [1.54, 1.807) is 11.8 Å². The molecule has 0 heterocycles. The van der Waals surface area contributed by atoms with Gasteiger partial charge in [-0.05, 0) is 36.8 Å². The number of thioether (sulfide) groups is 1. The first-order valence-electron chi connectivity index (χ1n) is 5.80. The van der Waals surface area contributed by atoms with E-state index < -0.39 is 0 Å². The van der Waals surface area contributed by atoms with Crippen LogP contribution in [0.4, 0.5) is 5.69 Å². The zero-order chi connectivity index (χ0) is 13.4. The second-order valence-corrected chi connectivity index (χ2v) is 5.96. The van der Waals surface area contributed by atoms with Crippen LogP contribution in [0.25, 0.3) is 0 Å². The second-order valence-electron chi connectivity index (χ2n) is 3.91. The van der Waals surface area contributed by atoms with Crippen molar-refractivity contribution >= 4 is 39.3 Å². The zero-order valence-electron chi connectivity index (χ0n) is 10.1. The molecule has 0 radical (unpaired) electrons. The number of hydrogen-bond acceptors (Lipinski definition) is 4. The molecule has 0 bridgehead atoms. The molecule has 0 aromatic heterocycles. The van der Waals surface area contributed by atoms with Crippen molar-refractivity contribution in [3.05, 3.63) is 22.7 Å². The van der Waals surface area contributed by atoms with Crippen molar-refractivity contribution in [3.63, 3.8) is 0 Å². The monoisotopic (exact) mass is 331 g/mol. The van der Waals surface area contributed by atoms with Crippen molar-refractivity contribution in [2.75, 3.05) is 11.5 Å². The number of anilines is 1. The molecule has 0 saturated carbocycles. The molecule has 0 atom stereocenters. The third-order valence-electron chi connectivity index (χ3n) is 2.44. The number of nitrogens with one attached hydrogen (secondary N) is 1. The summed E-state index contributed by atoms with van der Waals surface area (Å²) in [6, 6.07) is 5.87. The number of rotatable bonds is 7. The van der Waals surface area contributed by atoms with E-state index >= 15 is 0 Å². The number of amides is 1. The topological polar surface area (TPSA) is 81.1 Å². The number of nitrogen functional groups attached to an aromatic ring is 1. The Morgan fingerprint density at radius 2 is 2.11 bits per heavy atom. The van der Waals surface area contributed by atoms with Crippen LogP contribution in [-0.2, 0) is 4.79 Å². The quantitative estimate of drug-likeness (QED) is 0.179. The van der Waals surface area contributed by atoms with Crippen LogP contribution in [0.1, 0.15) is 25.7 Å². The highest BCUT2D eigenvalue weighted by Gasteiger charge is 2.01. The Morgan fingerprint density at radius 3 is 2.83 bits per heavy atom. The summed E-state index contributed by atoms with van der Waals surface area (Å²) in [5.74, 6) is 5.90. The number of unbranched alkanes of at least 4 members (excludes halogenated alkanes) is 2. The van der Waals surface area contributed by atoms with Crippen LogP contribution in [0.15, 0.2) is 27.6 Å². The molecule has 1 amide bonds. The molecule has 1 rings (SSSR count). The Bertz CT molecular complexity index is 401. The van der Waals surface area contributed by atoms with Crippen molar-refractivity contribution in [1.82, 2.24) is 5.43 Å². The summed E-state index contributed by atoms with van der Waals surface area (Å²) >= 11 is 5.17. The van der Waals surface area contributed by atoms with Gasteiger partial charge < -0.3 is 5.73 Å². The minimum Gasteiger partial charge on any atom is -0.398 e. The predicted octanol–water partition coefficient (Wildman–Crippen LogP) is 2.67. The van der Waals surface area contributed by atoms with Gasteiger partial charge in [0, 0.05) is 21.5 Å². The van der Waals surface area contributed by atoms with Gasteiger partial charge in [0.25, 0.3) is 0 Å². The number of carbonyl (C=O) groups excluding carboxylic acids is 1. The molecular formula is C12H18BrN3OS. The highest BCUT2D eigenvalue weighted by molar-refractivity contribution is 9.10. The van der Waals surface area contributed by atoms with Gasteiger partial charge in [-0.1, -0.05) is 22.4 Å². The van der Waals surface area contributed by atoms with Crippen LogP contribution in [-0.4, -0.2) is 11.7 Å². The Kier molecular flexibility index (Phi) is 7.15. The number of hydrazine groups is 1. The first-order valence-corrected chi connectivity index (χ1v) is 7.58. The number of carbonyl (C=O) groups is 1. The van der Waals surface area contributed by atoms with E-state index in [9.17, 15) is 4.79 Å². The van der Waals surface area contributed by atoms with E-state index in [1.807, 2.05) is 18.2 Å². The van der Waals surface area contributed by atoms with Crippen LogP contribution in [0.5, 0.6) is 0 Å². The van der Waals surface area contributed by atoms with Crippen molar-refractivity contribution in [3.8, 4) is 0 Å². The molecule has 0 unspecified atom stereocenters. The molecule has 100 valence electrons. The lowest BCUT2D eigenvalue weighted by Crippen LogP contribution is -2.29. The molecule has 0 spiro atoms. The third-order valence-corrected chi connectivity index (χ3v) is 4.09. The summed E-state index contributed by atoms with van der Waals surface area (Å²) in [6.45, 7) is 0. The van der Waals surface area contributed by atoms with Gasteiger partial charge in [-0.15, -0.1) is 11.8 Å². The normalized spacial score (nSPS) is 10.3. The molecule has 0 aliphatic heterocycles. The van der Waals surface area contributed by atoms with Crippen molar-refractivity contribution in [1.29, 1.82) is 0 Å². The fraction of sp³-hybridized carbons (Fsp3) is 0.417. The standard InChI is InChI=1S/C12H18BrN3OS/c13-9-5-6-10(14)11(8-9)18-7-3-1-2-4-12(17)16-15/h5-6,8H,1-4,7,14-15H2,(H,16,17). The molecule has 0 saturated heterocycles. The molecule has 1 aromatic rings. The largest absolute Gasteiger partial charge is 0.398 e. The number of hydrogen-bond donors (Lipinski definition) is 3. The Hall–Kier alpha value is -0.720. The van der Waals surface area contributed by atoms with E-state index in [-0.39, 0.29) is 5.91 Å². The number of benzene rings is 1. The molecule has 5 N–H and O–H groups in total. The van der Waals surface area contributed by atoms with Crippen LogP contribution in [0, 0.1) is 0 Å². The smallest absolute Gasteiger partial charge is 0.233 e. The molecule has 1 aromatic carbocycles. The van der Waals surface area contributed by atoms with Crippen LogP contribution >= 0.6 is 27.7 Å². The molecule has 18 heavy (non-hydrogen) atoms. The van der Waals surface area contributed by atoms with Crippen molar-refractivity contribution < 1.29 is 4.79 Å². The molecule has 4 nitrogen and oxygen atoms in total. The lowest BCUT2D eigenvalue weighted by Gasteiger charge is -2.06. The van der Waals surface area contributed by atoms with Gasteiger partial charge in [-0.25, -0.2) is 5.84 Å². The van der Waals surface area contributed by atoms with Crippen LogP contribution in [0.2, 0.25) is 0 Å². The van der Waals surface area contributed by atoms with Gasteiger partial charge in [-0.2, -0.15) is 0 Å². The maximum atomic E-state index is 10.9. The lowest BCUT2D eigenvalue weighted by atomic mass is 10.2. The Labute approximate surface area is 120 Å². The number of halogens is 1. The third kappa shape index (κ3) is 5.75. The summed E-state index contributed by atoms with van der Waals surface area (Å²) < 4.78 is 1.04. The molecular weight excluding hydrogens is 314 g/mol. The van der Waals surface area contributed by atoms with Gasteiger partial charge in [0.2, 0.25) is 5.91 Å². The maximum Gasteiger partial charge on any atom is 0.233 e. The van der Waals surface area contributed by atoms with E-state index in [0.717, 1.165) is 40.1 Å². The van der Waals surface area contributed by atoms with Gasteiger partial charge >= 0.3 is 0 Å². The van der Waals surface area contributed by atoms with Gasteiger partial charge in [-0.3, -0.25) is 10.2 Å². The fourth-order valence-corrected chi connectivity index (χ4v) is 2.98. The zero-order valence-corrected chi connectivity index (χ0v) is 12.5. The minimum atomic E-state index is -0.0983. The molecule has 6 heteroatoms. The molecule has 0 fully saturated rings. The highest BCUT2D eigenvalue weighted by atomic mass is 79.9. The van der Waals surface area contributed by atoms with Crippen LogP contribution < -0.4 is 17.0 Å². The van der Waals surface area contributed by atoms with Gasteiger partial charge in [0.15, 0.2) is 0 Å². The Morgan fingerprint density at radius 1 is 1.33 bits per heavy atom. The van der Waals surface area contributed by atoms with Crippen molar-refractivity contribution in [2.45, 2.75) is 30.6 Å². The Balaban J connectivity index is 2.18. The summed E-state index contributed by atoms with van der Waals surface area (Å²) in [5.41, 5.74) is 8.82. The summed E-state index contributed by atoms with van der Waals surface area (Å²) in [5, 5.41) is 0. The van der Waals surface area contributed by atoms with Crippen molar-refractivity contribution in [2.24, 2.45) is 5.84 Å². The second kappa shape index (κ2) is 8.39. The van der Waals surface area contributed by atoms with E-state index in [0.29, 0.717) is 6.42 Å². The van der Waals surface area contributed by atoms with Crippen LogP contribution in [0.3, 0.4) is 0 Å². The minimum absolute atomic E-state index is 0.0983. The van der Waals surface area contributed by atoms with E-state index in [1.165, 1.54) is 0 Å². The van der Waals surface area contributed by atoms with Gasteiger partial charge in [0.1, 0.15) is 0 Å². The average Bonchev–Trinajstić information content (AvgIpc) is 2.37. The first-order chi connectivity index (χ1) is 8.63.